The van der Waals surface area contributed by atoms with E-state index in [1.165, 1.54) is 12.8 Å². The minimum atomic E-state index is -0.122. The Morgan fingerprint density at radius 2 is 2.14 bits per heavy atom. The van der Waals surface area contributed by atoms with Crippen molar-refractivity contribution >= 4 is 0 Å². The predicted octanol–water partition coefficient (Wildman–Crippen LogP) is 2.17. The van der Waals surface area contributed by atoms with E-state index in [4.69, 9.17) is 0 Å². The highest BCUT2D eigenvalue weighted by molar-refractivity contribution is 4.83. The molecule has 0 aromatic heterocycles. The monoisotopic (exact) mass is 199 g/mol. The third kappa shape index (κ3) is 3.58. The molecule has 0 aromatic rings. The van der Waals surface area contributed by atoms with Crippen LogP contribution >= 0.6 is 0 Å². The lowest BCUT2D eigenvalue weighted by Gasteiger charge is -2.32. The SMILES string of the molecule is CCC(C)CNC1CCC(C)CC1O. The highest BCUT2D eigenvalue weighted by Crippen LogP contribution is 2.24. The van der Waals surface area contributed by atoms with Gasteiger partial charge in [0.1, 0.15) is 0 Å². The number of hydrogen-bond acceptors (Lipinski definition) is 2. The lowest BCUT2D eigenvalue weighted by Crippen LogP contribution is -2.45. The van der Waals surface area contributed by atoms with Gasteiger partial charge in [-0.15, -0.1) is 0 Å². The molecule has 2 N–H and O–H groups in total. The summed E-state index contributed by atoms with van der Waals surface area (Å²) in [5.74, 6) is 1.42. The molecule has 1 aliphatic carbocycles. The molecule has 0 amide bonds. The van der Waals surface area contributed by atoms with Crippen molar-refractivity contribution in [1.82, 2.24) is 5.32 Å². The van der Waals surface area contributed by atoms with Crippen LogP contribution in [0.2, 0.25) is 0 Å². The molecule has 1 fully saturated rings. The summed E-state index contributed by atoms with van der Waals surface area (Å²) in [5, 5.41) is 13.4. The van der Waals surface area contributed by atoms with Gasteiger partial charge in [-0.1, -0.05) is 27.2 Å². The smallest absolute Gasteiger partial charge is 0.0695 e. The summed E-state index contributed by atoms with van der Waals surface area (Å²) in [6.45, 7) is 7.75. The molecule has 4 unspecified atom stereocenters. The van der Waals surface area contributed by atoms with Crippen LogP contribution in [0, 0.1) is 11.8 Å². The summed E-state index contributed by atoms with van der Waals surface area (Å²) >= 11 is 0. The zero-order chi connectivity index (χ0) is 10.6. The van der Waals surface area contributed by atoms with Crippen molar-refractivity contribution in [2.24, 2.45) is 11.8 Å². The first-order valence-corrected chi connectivity index (χ1v) is 6.05. The van der Waals surface area contributed by atoms with Gasteiger partial charge in [0.25, 0.3) is 0 Å². The highest BCUT2D eigenvalue weighted by Gasteiger charge is 2.26. The zero-order valence-electron chi connectivity index (χ0n) is 9.79. The summed E-state index contributed by atoms with van der Waals surface area (Å²) in [6, 6.07) is 0.347. The fourth-order valence-corrected chi connectivity index (χ4v) is 2.09. The fraction of sp³-hybridized carbons (Fsp3) is 1.00. The van der Waals surface area contributed by atoms with Crippen molar-refractivity contribution in [3.8, 4) is 0 Å². The van der Waals surface area contributed by atoms with Gasteiger partial charge >= 0.3 is 0 Å². The van der Waals surface area contributed by atoms with Crippen LogP contribution in [-0.2, 0) is 0 Å². The Balaban J connectivity index is 2.24. The minimum absolute atomic E-state index is 0.122. The van der Waals surface area contributed by atoms with E-state index in [0.717, 1.165) is 25.3 Å². The number of nitrogens with one attached hydrogen (secondary N) is 1. The van der Waals surface area contributed by atoms with Gasteiger partial charge in [-0.05, 0) is 37.6 Å². The molecule has 0 saturated heterocycles. The van der Waals surface area contributed by atoms with Gasteiger partial charge in [0.05, 0.1) is 6.10 Å². The Labute approximate surface area is 88.1 Å². The number of aliphatic hydroxyl groups is 1. The van der Waals surface area contributed by atoms with Gasteiger partial charge in [0.15, 0.2) is 0 Å². The maximum Gasteiger partial charge on any atom is 0.0695 e. The molecule has 2 heteroatoms. The van der Waals surface area contributed by atoms with E-state index in [2.05, 4.69) is 26.1 Å². The molecule has 1 rings (SSSR count). The summed E-state index contributed by atoms with van der Waals surface area (Å²) in [6.07, 6.45) is 4.46. The average Bonchev–Trinajstić information content (AvgIpc) is 2.16. The Morgan fingerprint density at radius 3 is 2.71 bits per heavy atom. The molecular formula is C12H25NO. The molecule has 0 radical (unpaired) electrons. The van der Waals surface area contributed by atoms with Gasteiger partial charge in [-0.3, -0.25) is 0 Å². The van der Waals surface area contributed by atoms with E-state index in [0.29, 0.717) is 12.0 Å². The van der Waals surface area contributed by atoms with E-state index in [-0.39, 0.29) is 6.10 Å². The highest BCUT2D eigenvalue weighted by atomic mass is 16.3. The van der Waals surface area contributed by atoms with E-state index >= 15 is 0 Å². The molecule has 0 spiro atoms. The minimum Gasteiger partial charge on any atom is -0.391 e. The first-order chi connectivity index (χ1) is 6.63. The second-order valence-corrected chi connectivity index (χ2v) is 5.01. The molecule has 0 aromatic carbocycles. The molecule has 0 heterocycles. The first-order valence-electron chi connectivity index (χ1n) is 6.05. The third-order valence-corrected chi connectivity index (χ3v) is 3.50. The molecule has 2 nitrogen and oxygen atoms in total. The van der Waals surface area contributed by atoms with Crippen LogP contribution in [0.3, 0.4) is 0 Å². The largest absolute Gasteiger partial charge is 0.391 e. The average molecular weight is 199 g/mol. The second kappa shape index (κ2) is 5.72. The molecule has 1 aliphatic rings. The Morgan fingerprint density at radius 1 is 1.43 bits per heavy atom. The van der Waals surface area contributed by atoms with Gasteiger partial charge in [0.2, 0.25) is 0 Å². The normalized spacial score (nSPS) is 35.6. The van der Waals surface area contributed by atoms with Crippen LogP contribution in [0.1, 0.15) is 46.5 Å². The molecule has 84 valence electrons. The molecule has 0 bridgehead atoms. The number of aliphatic hydroxyl groups excluding tert-OH is 1. The van der Waals surface area contributed by atoms with Gasteiger partial charge < -0.3 is 10.4 Å². The molecule has 4 atom stereocenters. The fourth-order valence-electron chi connectivity index (χ4n) is 2.09. The molecule has 0 aliphatic heterocycles. The van der Waals surface area contributed by atoms with Crippen LogP contribution in [-0.4, -0.2) is 23.8 Å². The lowest BCUT2D eigenvalue weighted by atomic mass is 9.85. The van der Waals surface area contributed by atoms with Crippen molar-refractivity contribution in [3.05, 3.63) is 0 Å². The van der Waals surface area contributed by atoms with E-state index in [1.807, 2.05) is 0 Å². The van der Waals surface area contributed by atoms with Gasteiger partial charge in [-0.2, -0.15) is 0 Å². The van der Waals surface area contributed by atoms with Crippen LogP contribution in [0.4, 0.5) is 0 Å². The van der Waals surface area contributed by atoms with Crippen LogP contribution in [0.15, 0.2) is 0 Å². The Kier molecular flexibility index (Phi) is 4.90. The maximum atomic E-state index is 9.86. The van der Waals surface area contributed by atoms with Crippen LogP contribution < -0.4 is 5.32 Å². The lowest BCUT2D eigenvalue weighted by molar-refractivity contribution is 0.0681. The van der Waals surface area contributed by atoms with Crippen molar-refractivity contribution in [1.29, 1.82) is 0 Å². The molecule has 1 saturated carbocycles. The predicted molar refractivity (Wildman–Crippen MR) is 60.3 cm³/mol. The van der Waals surface area contributed by atoms with Crippen LogP contribution in [0.25, 0.3) is 0 Å². The molecular weight excluding hydrogens is 174 g/mol. The van der Waals surface area contributed by atoms with Crippen molar-refractivity contribution in [2.75, 3.05) is 6.54 Å². The van der Waals surface area contributed by atoms with Crippen LogP contribution in [0.5, 0.6) is 0 Å². The summed E-state index contributed by atoms with van der Waals surface area (Å²) < 4.78 is 0. The second-order valence-electron chi connectivity index (χ2n) is 5.01. The standard InChI is InChI=1S/C12H25NO/c1-4-9(2)8-13-11-6-5-10(3)7-12(11)14/h9-14H,4-8H2,1-3H3. The quantitative estimate of drug-likeness (QED) is 0.727. The molecule has 14 heavy (non-hydrogen) atoms. The van der Waals surface area contributed by atoms with Crippen molar-refractivity contribution in [3.63, 3.8) is 0 Å². The van der Waals surface area contributed by atoms with Crippen molar-refractivity contribution in [2.45, 2.75) is 58.6 Å². The topological polar surface area (TPSA) is 32.3 Å². The Bertz CT molecular complexity index is 160. The van der Waals surface area contributed by atoms with E-state index in [9.17, 15) is 5.11 Å². The van der Waals surface area contributed by atoms with E-state index < -0.39 is 0 Å². The number of rotatable bonds is 4. The third-order valence-electron chi connectivity index (χ3n) is 3.50. The van der Waals surface area contributed by atoms with E-state index in [1.54, 1.807) is 0 Å². The maximum absolute atomic E-state index is 9.86. The zero-order valence-corrected chi connectivity index (χ0v) is 9.79. The van der Waals surface area contributed by atoms with Gasteiger partial charge in [0, 0.05) is 6.04 Å². The van der Waals surface area contributed by atoms with Gasteiger partial charge in [-0.25, -0.2) is 0 Å². The number of hydrogen-bond donors (Lipinski definition) is 2. The summed E-state index contributed by atoms with van der Waals surface area (Å²) in [5.41, 5.74) is 0. The first kappa shape index (κ1) is 12.0. The Hall–Kier alpha value is -0.0800. The summed E-state index contributed by atoms with van der Waals surface area (Å²) in [4.78, 5) is 0. The van der Waals surface area contributed by atoms with Crippen molar-refractivity contribution < 1.29 is 5.11 Å². The summed E-state index contributed by atoms with van der Waals surface area (Å²) in [7, 11) is 0.